The number of aromatic nitrogens is 1. The second-order valence-corrected chi connectivity index (χ2v) is 4.31. The summed E-state index contributed by atoms with van der Waals surface area (Å²) in [7, 11) is 1.67. The minimum absolute atomic E-state index is 0.586. The first-order valence-electron chi connectivity index (χ1n) is 5.89. The SMILES string of the molecule is COCc1ccc(C(O)c2ccc(C)nc2)cc1. The molecule has 0 spiro atoms. The number of aryl methyl sites for hydroxylation is 1. The van der Waals surface area contributed by atoms with Crippen molar-refractivity contribution >= 4 is 0 Å². The quantitative estimate of drug-likeness (QED) is 0.897. The Bertz CT molecular complexity index is 491. The van der Waals surface area contributed by atoms with Crippen LogP contribution in [0.1, 0.15) is 28.5 Å². The van der Waals surface area contributed by atoms with Crippen molar-refractivity contribution in [2.75, 3.05) is 7.11 Å². The lowest BCUT2D eigenvalue weighted by molar-refractivity contribution is 0.184. The summed E-state index contributed by atoms with van der Waals surface area (Å²) < 4.78 is 5.05. The fourth-order valence-corrected chi connectivity index (χ4v) is 1.80. The maximum Gasteiger partial charge on any atom is 0.106 e. The third kappa shape index (κ3) is 2.94. The molecule has 0 saturated heterocycles. The molecule has 1 atom stereocenters. The third-order valence-corrected chi connectivity index (χ3v) is 2.86. The molecule has 0 fully saturated rings. The summed E-state index contributed by atoms with van der Waals surface area (Å²) in [6, 6.07) is 11.6. The predicted octanol–water partition coefficient (Wildman–Crippen LogP) is 2.62. The highest BCUT2D eigenvalue weighted by Crippen LogP contribution is 2.21. The zero-order valence-corrected chi connectivity index (χ0v) is 10.6. The summed E-state index contributed by atoms with van der Waals surface area (Å²) in [5.74, 6) is 0. The van der Waals surface area contributed by atoms with Gasteiger partial charge in [-0.25, -0.2) is 0 Å². The van der Waals surface area contributed by atoms with Gasteiger partial charge in [-0.2, -0.15) is 0 Å². The van der Waals surface area contributed by atoms with E-state index in [-0.39, 0.29) is 0 Å². The molecule has 18 heavy (non-hydrogen) atoms. The van der Waals surface area contributed by atoms with E-state index in [4.69, 9.17) is 4.74 Å². The van der Waals surface area contributed by atoms with E-state index in [0.29, 0.717) is 6.61 Å². The van der Waals surface area contributed by atoms with Gasteiger partial charge in [0.15, 0.2) is 0 Å². The maximum absolute atomic E-state index is 10.2. The number of nitrogens with zero attached hydrogens (tertiary/aromatic N) is 1. The lowest BCUT2D eigenvalue weighted by Gasteiger charge is -2.12. The Morgan fingerprint density at radius 3 is 2.33 bits per heavy atom. The second-order valence-electron chi connectivity index (χ2n) is 4.31. The zero-order valence-electron chi connectivity index (χ0n) is 10.6. The van der Waals surface area contributed by atoms with Crippen molar-refractivity contribution in [2.45, 2.75) is 19.6 Å². The minimum Gasteiger partial charge on any atom is -0.384 e. The molecule has 1 aromatic heterocycles. The molecule has 0 amide bonds. The van der Waals surface area contributed by atoms with E-state index in [0.717, 1.165) is 22.4 Å². The average Bonchev–Trinajstić information content (AvgIpc) is 2.40. The number of ether oxygens (including phenoxy) is 1. The van der Waals surface area contributed by atoms with Crippen LogP contribution in [0.5, 0.6) is 0 Å². The van der Waals surface area contributed by atoms with E-state index in [2.05, 4.69) is 4.98 Å². The normalized spacial score (nSPS) is 12.4. The van der Waals surface area contributed by atoms with Gasteiger partial charge < -0.3 is 9.84 Å². The molecule has 1 unspecified atom stereocenters. The van der Waals surface area contributed by atoms with Crippen LogP contribution in [0.3, 0.4) is 0 Å². The van der Waals surface area contributed by atoms with Gasteiger partial charge in [0, 0.05) is 24.6 Å². The topological polar surface area (TPSA) is 42.4 Å². The number of hydrogen-bond donors (Lipinski definition) is 1. The number of aliphatic hydroxyl groups is 1. The number of methoxy groups -OCH3 is 1. The van der Waals surface area contributed by atoms with Gasteiger partial charge in [0.25, 0.3) is 0 Å². The molecule has 2 aromatic rings. The van der Waals surface area contributed by atoms with Crippen LogP contribution in [0.4, 0.5) is 0 Å². The largest absolute Gasteiger partial charge is 0.384 e. The molecule has 94 valence electrons. The van der Waals surface area contributed by atoms with Gasteiger partial charge in [-0.3, -0.25) is 4.98 Å². The number of benzene rings is 1. The van der Waals surface area contributed by atoms with Crippen molar-refractivity contribution in [3.63, 3.8) is 0 Å². The van der Waals surface area contributed by atoms with E-state index in [1.807, 2.05) is 43.3 Å². The number of hydrogen-bond acceptors (Lipinski definition) is 3. The van der Waals surface area contributed by atoms with E-state index >= 15 is 0 Å². The molecule has 3 nitrogen and oxygen atoms in total. The maximum atomic E-state index is 10.2. The average molecular weight is 243 g/mol. The van der Waals surface area contributed by atoms with Crippen LogP contribution < -0.4 is 0 Å². The highest BCUT2D eigenvalue weighted by Gasteiger charge is 2.10. The van der Waals surface area contributed by atoms with Crippen molar-refractivity contribution in [3.8, 4) is 0 Å². The van der Waals surface area contributed by atoms with Gasteiger partial charge >= 0.3 is 0 Å². The number of pyridine rings is 1. The summed E-state index contributed by atoms with van der Waals surface area (Å²) in [6.07, 6.45) is 1.08. The van der Waals surface area contributed by atoms with Crippen molar-refractivity contribution in [2.24, 2.45) is 0 Å². The van der Waals surface area contributed by atoms with Crippen molar-refractivity contribution in [3.05, 3.63) is 65.0 Å². The molecule has 2 rings (SSSR count). The number of aliphatic hydroxyl groups excluding tert-OH is 1. The van der Waals surface area contributed by atoms with Gasteiger partial charge in [0.2, 0.25) is 0 Å². The van der Waals surface area contributed by atoms with Gasteiger partial charge in [0.1, 0.15) is 6.10 Å². The molecule has 1 N–H and O–H groups in total. The van der Waals surface area contributed by atoms with E-state index < -0.39 is 6.10 Å². The van der Waals surface area contributed by atoms with E-state index in [1.165, 1.54) is 0 Å². The van der Waals surface area contributed by atoms with Crippen LogP contribution in [-0.2, 0) is 11.3 Å². The Kier molecular flexibility index (Phi) is 4.07. The van der Waals surface area contributed by atoms with E-state index in [1.54, 1.807) is 13.3 Å². The first kappa shape index (κ1) is 12.7. The second kappa shape index (κ2) is 5.76. The summed E-state index contributed by atoms with van der Waals surface area (Å²) >= 11 is 0. The highest BCUT2D eigenvalue weighted by atomic mass is 16.5. The van der Waals surface area contributed by atoms with Crippen molar-refractivity contribution in [1.29, 1.82) is 0 Å². The van der Waals surface area contributed by atoms with Crippen molar-refractivity contribution in [1.82, 2.24) is 4.98 Å². The Balaban J connectivity index is 2.17. The Morgan fingerprint density at radius 2 is 1.78 bits per heavy atom. The Morgan fingerprint density at radius 1 is 1.11 bits per heavy atom. The lowest BCUT2D eigenvalue weighted by atomic mass is 10.0. The number of rotatable bonds is 4. The summed E-state index contributed by atoms with van der Waals surface area (Å²) in [4.78, 5) is 4.19. The fraction of sp³-hybridized carbons (Fsp3) is 0.267. The summed E-state index contributed by atoms with van der Waals surface area (Å²) in [5, 5.41) is 10.2. The standard InChI is InChI=1S/C15H17NO2/c1-11-3-6-14(9-16-11)15(17)13-7-4-12(5-8-13)10-18-2/h3-9,15,17H,10H2,1-2H3. The van der Waals surface area contributed by atoms with Crippen LogP contribution in [-0.4, -0.2) is 17.2 Å². The van der Waals surface area contributed by atoms with Crippen molar-refractivity contribution < 1.29 is 9.84 Å². The van der Waals surface area contributed by atoms with Gasteiger partial charge in [-0.1, -0.05) is 30.3 Å². The predicted molar refractivity (Wildman–Crippen MR) is 70.2 cm³/mol. The third-order valence-electron chi connectivity index (χ3n) is 2.86. The first-order chi connectivity index (χ1) is 8.70. The Labute approximate surface area is 107 Å². The molecular formula is C15H17NO2. The van der Waals surface area contributed by atoms with Crippen LogP contribution in [0, 0.1) is 6.92 Å². The molecular weight excluding hydrogens is 226 g/mol. The lowest BCUT2D eigenvalue weighted by Crippen LogP contribution is -2.01. The molecule has 0 aliphatic heterocycles. The molecule has 0 aliphatic carbocycles. The fourth-order valence-electron chi connectivity index (χ4n) is 1.80. The first-order valence-corrected chi connectivity index (χ1v) is 5.89. The zero-order chi connectivity index (χ0) is 13.0. The van der Waals surface area contributed by atoms with Crippen LogP contribution in [0.25, 0.3) is 0 Å². The molecule has 0 aliphatic rings. The summed E-state index contributed by atoms with van der Waals surface area (Å²) in [5.41, 5.74) is 3.71. The summed E-state index contributed by atoms with van der Waals surface area (Å²) in [6.45, 7) is 2.51. The van der Waals surface area contributed by atoms with Gasteiger partial charge in [-0.15, -0.1) is 0 Å². The Hall–Kier alpha value is -1.71. The van der Waals surface area contributed by atoms with Crippen LogP contribution in [0.15, 0.2) is 42.6 Å². The molecule has 3 heteroatoms. The molecule has 1 aromatic carbocycles. The molecule has 0 radical (unpaired) electrons. The highest BCUT2D eigenvalue weighted by molar-refractivity contribution is 5.30. The molecule has 0 saturated carbocycles. The smallest absolute Gasteiger partial charge is 0.106 e. The van der Waals surface area contributed by atoms with Gasteiger partial charge in [0.05, 0.1) is 6.61 Å². The van der Waals surface area contributed by atoms with Crippen LogP contribution in [0.2, 0.25) is 0 Å². The molecule has 0 bridgehead atoms. The minimum atomic E-state index is -0.630. The molecule has 1 heterocycles. The van der Waals surface area contributed by atoms with Crippen LogP contribution >= 0.6 is 0 Å². The monoisotopic (exact) mass is 243 g/mol. The van der Waals surface area contributed by atoms with E-state index in [9.17, 15) is 5.11 Å². The van der Waals surface area contributed by atoms with Gasteiger partial charge in [-0.05, 0) is 24.1 Å².